The fourth-order valence-electron chi connectivity index (χ4n) is 3.58. The summed E-state index contributed by atoms with van der Waals surface area (Å²) in [5.41, 5.74) is -2.02. The number of hydrogen-bond donors (Lipinski definition) is 4. The summed E-state index contributed by atoms with van der Waals surface area (Å²) in [4.78, 5) is 52.5. The number of para-hydroxylation sites is 1. The zero-order chi connectivity index (χ0) is 18.5. The summed E-state index contributed by atoms with van der Waals surface area (Å²) in [6, 6.07) is 6.17. The molecule has 2 aromatic rings. The number of benzene rings is 1. The Kier molecular flexibility index (Phi) is 3.46. The van der Waals surface area contributed by atoms with Gasteiger partial charge in [-0.3, -0.25) is 24.5 Å². The van der Waals surface area contributed by atoms with Crippen LogP contribution in [0.4, 0.5) is 16.3 Å². The SMILES string of the molecule is CCCCn1c2c(c(=O)[nH]c1=O)C1(NC(=O)N2)C(=O)Nc2ccccc21. The Morgan fingerprint density at radius 3 is 2.62 bits per heavy atom. The highest BCUT2D eigenvalue weighted by molar-refractivity contribution is 6.13. The number of urea groups is 1. The summed E-state index contributed by atoms with van der Waals surface area (Å²) in [5, 5.41) is 7.84. The number of H-pyrrole nitrogens is 1. The van der Waals surface area contributed by atoms with Gasteiger partial charge in [-0.05, 0) is 12.5 Å². The third kappa shape index (κ3) is 2.03. The maximum Gasteiger partial charge on any atom is 0.329 e. The Morgan fingerprint density at radius 1 is 1.08 bits per heavy atom. The minimum Gasteiger partial charge on any atom is -0.323 e. The second kappa shape index (κ2) is 5.58. The Balaban J connectivity index is 2.07. The summed E-state index contributed by atoms with van der Waals surface area (Å²) in [7, 11) is 0. The number of fused-ring (bicyclic) bond motifs is 4. The van der Waals surface area contributed by atoms with Crippen LogP contribution in [-0.4, -0.2) is 21.5 Å². The fraction of sp³-hybridized carbons (Fsp3) is 0.294. The minimum absolute atomic E-state index is 0.00949. The smallest absolute Gasteiger partial charge is 0.323 e. The molecule has 1 aromatic carbocycles. The monoisotopic (exact) mass is 355 g/mol. The van der Waals surface area contributed by atoms with Crippen molar-refractivity contribution in [2.45, 2.75) is 31.8 Å². The minimum atomic E-state index is -1.68. The average Bonchev–Trinajstić information content (AvgIpc) is 2.86. The van der Waals surface area contributed by atoms with Crippen LogP contribution in [0.5, 0.6) is 0 Å². The van der Waals surface area contributed by atoms with Gasteiger partial charge in [0.15, 0.2) is 5.54 Å². The highest BCUT2D eigenvalue weighted by atomic mass is 16.2. The first-order valence-corrected chi connectivity index (χ1v) is 8.36. The molecule has 134 valence electrons. The van der Waals surface area contributed by atoms with E-state index in [-0.39, 0.29) is 11.4 Å². The van der Waals surface area contributed by atoms with Crippen molar-refractivity contribution in [3.63, 3.8) is 0 Å². The summed E-state index contributed by atoms with van der Waals surface area (Å²) in [5.74, 6) is -0.483. The van der Waals surface area contributed by atoms with Crippen molar-refractivity contribution in [2.24, 2.45) is 0 Å². The zero-order valence-corrected chi connectivity index (χ0v) is 14.0. The number of amides is 3. The van der Waals surface area contributed by atoms with Crippen molar-refractivity contribution in [3.8, 4) is 0 Å². The van der Waals surface area contributed by atoms with Crippen LogP contribution >= 0.6 is 0 Å². The fourth-order valence-corrected chi connectivity index (χ4v) is 3.58. The molecule has 2 aliphatic rings. The number of hydrogen-bond acceptors (Lipinski definition) is 4. The van der Waals surface area contributed by atoms with E-state index in [1.807, 2.05) is 6.92 Å². The molecule has 4 N–H and O–H groups in total. The quantitative estimate of drug-likeness (QED) is 0.645. The molecule has 1 atom stereocenters. The molecule has 0 aliphatic carbocycles. The summed E-state index contributed by atoms with van der Waals surface area (Å²) in [6.45, 7) is 2.28. The average molecular weight is 355 g/mol. The largest absolute Gasteiger partial charge is 0.329 e. The van der Waals surface area contributed by atoms with E-state index in [0.717, 1.165) is 6.42 Å². The van der Waals surface area contributed by atoms with Crippen molar-refractivity contribution in [2.75, 3.05) is 10.6 Å². The molecule has 3 heterocycles. The number of nitrogens with one attached hydrogen (secondary N) is 4. The molecule has 1 aromatic heterocycles. The van der Waals surface area contributed by atoms with Crippen LogP contribution in [0.1, 0.15) is 30.9 Å². The number of aromatic nitrogens is 2. The van der Waals surface area contributed by atoms with E-state index in [1.54, 1.807) is 24.3 Å². The lowest BCUT2D eigenvalue weighted by Crippen LogP contribution is -2.60. The number of unbranched alkanes of at least 4 members (excludes halogenated alkanes) is 1. The normalized spacial score (nSPS) is 20.2. The highest BCUT2D eigenvalue weighted by Crippen LogP contribution is 2.43. The van der Waals surface area contributed by atoms with Crippen molar-refractivity contribution < 1.29 is 9.59 Å². The topological polar surface area (TPSA) is 125 Å². The third-order valence-corrected chi connectivity index (χ3v) is 4.76. The van der Waals surface area contributed by atoms with E-state index in [0.29, 0.717) is 24.2 Å². The molecule has 1 spiro atoms. The lowest BCUT2D eigenvalue weighted by Gasteiger charge is -2.35. The standard InChI is InChI=1S/C17H17N5O4/c1-2-3-8-22-12-11(13(23)20-16(22)26)17(21-15(25)19-12)9-6-4-5-7-10(9)18-14(17)24/h4-7H,2-3,8H2,1H3,(H,18,24)(H2,19,21,25)(H,20,23,26). The van der Waals surface area contributed by atoms with Crippen LogP contribution in [0.15, 0.2) is 33.9 Å². The third-order valence-electron chi connectivity index (χ3n) is 4.76. The number of carbonyl (C=O) groups is 2. The molecule has 2 aliphatic heterocycles. The Labute approximate surface area is 147 Å². The molecule has 0 saturated carbocycles. The lowest BCUT2D eigenvalue weighted by atomic mass is 9.83. The van der Waals surface area contributed by atoms with Gasteiger partial charge in [-0.2, -0.15) is 0 Å². The predicted octanol–water partition coefficient (Wildman–Crippen LogP) is 0.667. The van der Waals surface area contributed by atoms with Crippen molar-refractivity contribution >= 4 is 23.4 Å². The maximum absolute atomic E-state index is 12.9. The highest BCUT2D eigenvalue weighted by Gasteiger charge is 2.55. The Morgan fingerprint density at radius 2 is 1.85 bits per heavy atom. The van der Waals surface area contributed by atoms with E-state index < -0.39 is 28.7 Å². The molecule has 9 nitrogen and oxygen atoms in total. The van der Waals surface area contributed by atoms with Crippen LogP contribution < -0.4 is 27.2 Å². The molecular formula is C17H17N5O4. The van der Waals surface area contributed by atoms with E-state index in [4.69, 9.17) is 0 Å². The number of anilines is 2. The number of nitrogens with zero attached hydrogens (tertiary/aromatic N) is 1. The van der Waals surface area contributed by atoms with Crippen LogP contribution in [0, 0.1) is 0 Å². The first kappa shape index (κ1) is 16.1. The van der Waals surface area contributed by atoms with Gasteiger partial charge in [0.1, 0.15) is 5.82 Å². The molecule has 0 bridgehead atoms. The van der Waals surface area contributed by atoms with Crippen molar-refractivity contribution in [1.29, 1.82) is 0 Å². The molecule has 1 unspecified atom stereocenters. The Hall–Kier alpha value is -3.36. The molecule has 0 radical (unpaired) electrons. The molecular weight excluding hydrogens is 338 g/mol. The van der Waals surface area contributed by atoms with Gasteiger partial charge in [0.25, 0.3) is 11.5 Å². The van der Waals surface area contributed by atoms with E-state index in [9.17, 15) is 19.2 Å². The van der Waals surface area contributed by atoms with Crippen LogP contribution in [0.25, 0.3) is 0 Å². The zero-order valence-electron chi connectivity index (χ0n) is 14.0. The molecule has 0 saturated heterocycles. The van der Waals surface area contributed by atoms with Crippen molar-refractivity contribution in [3.05, 3.63) is 56.2 Å². The van der Waals surface area contributed by atoms with Gasteiger partial charge >= 0.3 is 11.7 Å². The second-order valence-electron chi connectivity index (χ2n) is 6.32. The predicted molar refractivity (Wildman–Crippen MR) is 94.2 cm³/mol. The molecule has 26 heavy (non-hydrogen) atoms. The molecule has 9 heteroatoms. The van der Waals surface area contributed by atoms with E-state index in [2.05, 4.69) is 20.9 Å². The molecule has 0 fully saturated rings. The van der Waals surface area contributed by atoms with Gasteiger partial charge in [0, 0.05) is 17.8 Å². The van der Waals surface area contributed by atoms with Crippen molar-refractivity contribution in [1.82, 2.24) is 14.9 Å². The van der Waals surface area contributed by atoms with Gasteiger partial charge in [0.05, 0.1) is 5.56 Å². The van der Waals surface area contributed by atoms with E-state index >= 15 is 0 Å². The summed E-state index contributed by atoms with van der Waals surface area (Å²) >= 11 is 0. The summed E-state index contributed by atoms with van der Waals surface area (Å²) in [6.07, 6.45) is 1.50. The van der Waals surface area contributed by atoms with Gasteiger partial charge < -0.3 is 10.6 Å². The van der Waals surface area contributed by atoms with Crippen LogP contribution in [-0.2, 0) is 16.9 Å². The summed E-state index contributed by atoms with van der Waals surface area (Å²) < 4.78 is 1.30. The number of rotatable bonds is 3. The van der Waals surface area contributed by atoms with Gasteiger partial charge in [0.2, 0.25) is 0 Å². The second-order valence-corrected chi connectivity index (χ2v) is 6.32. The lowest BCUT2D eigenvalue weighted by molar-refractivity contribution is -0.120. The maximum atomic E-state index is 12.9. The number of carbonyl (C=O) groups excluding carboxylic acids is 2. The van der Waals surface area contributed by atoms with Crippen LogP contribution in [0.3, 0.4) is 0 Å². The molecule has 4 rings (SSSR count). The number of aromatic amines is 1. The van der Waals surface area contributed by atoms with Gasteiger partial charge in [-0.25, -0.2) is 9.59 Å². The first-order chi connectivity index (χ1) is 12.5. The molecule has 3 amide bonds. The van der Waals surface area contributed by atoms with Gasteiger partial charge in [-0.15, -0.1) is 0 Å². The van der Waals surface area contributed by atoms with Gasteiger partial charge in [-0.1, -0.05) is 31.5 Å². The van der Waals surface area contributed by atoms with Crippen LogP contribution in [0.2, 0.25) is 0 Å². The Bertz CT molecular complexity index is 1050. The van der Waals surface area contributed by atoms with E-state index in [1.165, 1.54) is 4.57 Å². The first-order valence-electron chi connectivity index (χ1n) is 8.36.